The van der Waals surface area contributed by atoms with Crippen LogP contribution < -0.4 is 5.56 Å². The molecule has 3 aromatic heterocycles. The highest BCUT2D eigenvalue weighted by Gasteiger charge is 2.24. The predicted octanol–water partition coefficient (Wildman–Crippen LogP) is 3.61. The number of hydrogen-bond donors (Lipinski definition) is 0. The molecular formula is C18H18N2O3S2. The van der Waals surface area contributed by atoms with Crippen molar-refractivity contribution in [1.82, 2.24) is 9.38 Å². The molecule has 1 aliphatic rings. The van der Waals surface area contributed by atoms with Gasteiger partial charge in [0.15, 0.2) is 4.96 Å². The second-order valence-electron chi connectivity index (χ2n) is 6.56. The molecule has 0 aliphatic heterocycles. The molecule has 0 aromatic carbocycles. The number of esters is 1. The van der Waals surface area contributed by atoms with Gasteiger partial charge >= 0.3 is 5.97 Å². The Balaban J connectivity index is 1.52. The van der Waals surface area contributed by atoms with Gasteiger partial charge in [0.05, 0.1) is 11.3 Å². The van der Waals surface area contributed by atoms with Crippen molar-refractivity contribution in [3.05, 3.63) is 54.6 Å². The average Bonchev–Trinajstić information content (AvgIpc) is 3.16. The van der Waals surface area contributed by atoms with Crippen molar-refractivity contribution in [2.75, 3.05) is 0 Å². The second-order valence-corrected chi connectivity index (χ2v) is 8.36. The molecule has 0 saturated heterocycles. The Kier molecular flexibility index (Phi) is 4.21. The van der Waals surface area contributed by atoms with Gasteiger partial charge in [0.2, 0.25) is 0 Å². The Morgan fingerprint density at radius 3 is 3.08 bits per heavy atom. The Morgan fingerprint density at radius 2 is 2.24 bits per heavy atom. The normalized spacial score (nSPS) is 16.8. The predicted molar refractivity (Wildman–Crippen MR) is 98.7 cm³/mol. The molecule has 7 heteroatoms. The number of hydrogen-bond acceptors (Lipinski definition) is 6. The van der Waals surface area contributed by atoms with Crippen LogP contribution in [0.5, 0.6) is 0 Å². The van der Waals surface area contributed by atoms with E-state index in [0.717, 1.165) is 30.5 Å². The van der Waals surface area contributed by atoms with Crippen molar-refractivity contribution in [3.8, 4) is 0 Å². The van der Waals surface area contributed by atoms with Gasteiger partial charge in [-0.15, -0.1) is 22.7 Å². The largest absolute Gasteiger partial charge is 0.456 e. The van der Waals surface area contributed by atoms with E-state index in [1.54, 1.807) is 15.7 Å². The summed E-state index contributed by atoms with van der Waals surface area (Å²) in [5.74, 6) is 0.351. The fourth-order valence-corrected chi connectivity index (χ4v) is 5.36. The minimum absolute atomic E-state index is 0.0164. The lowest BCUT2D eigenvalue weighted by atomic mass is 9.88. The maximum absolute atomic E-state index is 12.5. The molecule has 0 bridgehead atoms. The highest BCUT2D eigenvalue weighted by molar-refractivity contribution is 7.15. The zero-order valence-electron chi connectivity index (χ0n) is 14.1. The van der Waals surface area contributed by atoms with Crippen LogP contribution in [0, 0.1) is 12.8 Å². The second kappa shape index (κ2) is 6.38. The first kappa shape index (κ1) is 16.5. The number of fused-ring (bicyclic) bond motifs is 2. The van der Waals surface area contributed by atoms with E-state index in [2.05, 4.69) is 11.9 Å². The van der Waals surface area contributed by atoms with E-state index in [0.29, 0.717) is 22.1 Å². The highest BCUT2D eigenvalue weighted by Crippen LogP contribution is 2.33. The Hall–Kier alpha value is -1.99. The number of carbonyl (C=O) groups is 1. The fourth-order valence-electron chi connectivity index (χ4n) is 3.24. The Bertz CT molecular complexity index is 1020. The van der Waals surface area contributed by atoms with Crippen molar-refractivity contribution >= 4 is 33.6 Å². The first-order chi connectivity index (χ1) is 12.0. The molecule has 1 atom stereocenters. The third-order valence-corrected chi connectivity index (χ3v) is 6.60. The summed E-state index contributed by atoms with van der Waals surface area (Å²) in [5.41, 5.74) is 3.02. The monoisotopic (exact) mass is 374 g/mol. The van der Waals surface area contributed by atoms with Crippen molar-refractivity contribution < 1.29 is 9.53 Å². The minimum atomic E-state index is -0.323. The quantitative estimate of drug-likeness (QED) is 0.657. The highest BCUT2D eigenvalue weighted by atomic mass is 32.1. The van der Waals surface area contributed by atoms with Crippen LogP contribution in [0.1, 0.15) is 45.5 Å². The summed E-state index contributed by atoms with van der Waals surface area (Å²) in [7, 11) is 0. The third-order valence-electron chi connectivity index (χ3n) is 4.60. The van der Waals surface area contributed by atoms with Gasteiger partial charge < -0.3 is 4.74 Å². The number of rotatable bonds is 3. The molecule has 0 amide bonds. The van der Waals surface area contributed by atoms with Gasteiger partial charge in [-0.2, -0.15) is 0 Å². The van der Waals surface area contributed by atoms with Crippen molar-refractivity contribution in [1.29, 1.82) is 0 Å². The maximum Gasteiger partial charge on any atom is 0.339 e. The number of ether oxygens (including phenoxy) is 1. The van der Waals surface area contributed by atoms with E-state index in [1.807, 2.05) is 17.7 Å². The smallest absolute Gasteiger partial charge is 0.339 e. The standard InChI is InChI=1S/C18H18N2O3S2/c1-10-3-4-13-14(9-24-15(13)5-10)17(22)23-7-12-6-16(21)20-11(2)8-25-18(20)19-12/h6,8-10H,3-5,7H2,1-2H3. The van der Waals surface area contributed by atoms with Crippen LogP contribution >= 0.6 is 22.7 Å². The van der Waals surface area contributed by atoms with Gasteiger partial charge in [0.1, 0.15) is 6.61 Å². The van der Waals surface area contributed by atoms with E-state index in [9.17, 15) is 9.59 Å². The summed E-state index contributed by atoms with van der Waals surface area (Å²) >= 11 is 3.05. The maximum atomic E-state index is 12.5. The van der Waals surface area contributed by atoms with Gasteiger partial charge in [-0.1, -0.05) is 6.92 Å². The molecule has 4 rings (SSSR count). The van der Waals surface area contributed by atoms with E-state index < -0.39 is 0 Å². The molecule has 3 aromatic rings. The van der Waals surface area contributed by atoms with E-state index in [1.165, 1.54) is 22.3 Å². The molecule has 0 spiro atoms. The molecule has 1 aliphatic carbocycles. The molecular weight excluding hydrogens is 356 g/mol. The fraction of sp³-hybridized carbons (Fsp3) is 0.389. The molecule has 25 heavy (non-hydrogen) atoms. The summed E-state index contributed by atoms with van der Waals surface area (Å²) in [6.07, 6.45) is 3.08. The topological polar surface area (TPSA) is 60.7 Å². The summed E-state index contributed by atoms with van der Waals surface area (Å²) in [6, 6.07) is 1.44. The van der Waals surface area contributed by atoms with Crippen LogP contribution in [-0.4, -0.2) is 15.4 Å². The van der Waals surface area contributed by atoms with Gasteiger partial charge in [0.25, 0.3) is 5.56 Å². The van der Waals surface area contributed by atoms with Gasteiger partial charge in [-0.25, -0.2) is 9.78 Å². The van der Waals surface area contributed by atoms with Crippen LogP contribution in [0.3, 0.4) is 0 Å². The number of thiazole rings is 1. The molecule has 5 nitrogen and oxygen atoms in total. The number of nitrogens with zero attached hydrogens (tertiary/aromatic N) is 2. The molecule has 1 unspecified atom stereocenters. The Morgan fingerprint density at radius 1 is 1.40 bits per heavy atom. The first-order valence-electron chi connectivity index (χ1n) is 8.26. The van der Waals surface area contributed by atoms with Crippen LogP contribution in [0.2, 0.25) is 0 Å². The molecule has 0 saturated carbocycles. The lowest BCUT2D eigenvalue weighted by molar-refractivity contribution is 0.0466. The Labute approximate surface area is 152 Å². The van der Waals surface area contributed by atoms with E-state index in [4.69, 9.17) is 4.74 Å². The van der Waals surface area contributed by atoms with Crippen LogP contribution in [0.25, 0.3) is 4.96 Å². The van der Waals surface area contributed by atoms with Crippen molar-refractivity contribution in [3.63, 3.8) is 0 Å². The lowest BCUT2D eigenvalue weighted by Crippen LogP contribution is -2.17. The summed E-state index contributed by atoms with van der Waals surface area (Å²) < 4.78 is 7.00. The van der Waals surface area contributed by atoms with Crippen LogP contribution in [0.15, 0.2) is 21.6 Å². The van der Waals surface area contributed by atoms with Gasteiger partial charge in [0, 0.05) is 27.4 Å². The third kappa shape index (κ3) is 3.02. The average molecular weight is 374 g/mol. The van der Waals surface area contributed by atoms with E-state index in [-0.39, 0.29) is 18.1 Å². The number of aromatic nitrogens is 2. The van der Waals surface area contributed by atoms with Crippen LogP contribution in [0.4, 0.5) is 0 Å². The molecule has 130 valence electrons. The van der Waals surface area contributed by atoms with Crippen LogP contribution in [-0.2, 0) is 24.2 Å². The molecule has 0 radical (unpaired) electrons. The van der Waals surface area contributed by atoms with Crippen molar-refractivity contribution in [2.24, 2.45) is 5.92 Å². The number of aryl methyl sites for hydroxylation is 1. The lowest BCUT2D eigenvalue weighted by Gasteiger charge is -2.18. The van der Waals surface area contributed by atoms with Gasteiger partial charge in [-0.05, 0) is 37.7 Å². The summed E-state index contributed by atoms with van der Waals surface area (Å²) in [6.45, 7) is 4.13. The summed E-state index contributed by atoms with van der Waals surface area (Å²) in [4.78, 5) is 31.0. The number of carbonyl (C=O) groups excluding carboxylic acids is 1. The SMILES string of the molecule is Cc1csc2nc(COC(=O)c3csc4c3CCC(C)C4)cc(=O)n12. The number of thiophene rings is 1. The summed E-state index contributed by atoms with van der Waals surface area (Å²) in [5, 5.41) is 3.79. The minimum Gasteiger partial charge on any atom is -0.456 e. The molecule has 3 heterocycles. The zero-order chi connectivity index (χ0) is 17.6. The van der Waals surface area contributed by atoms with Crippen molar-refractivity contribution in [2.45, 2.75) is 39.7 Å². The molecule has 0 fully saturated rings. The van der Waals surface area contributed by atoms with Gasteiger partial charge in [-0.3, -0.25) is 9.20 Å². The molecule has 0 N–H and O–H groups in total. The van der Waals surface area contributed by atoms with E-state index >= 15 is 0 Å². The zero-order valence-corrected chi connectivity index (χ0v) is 15.7. The first-order valence-corrected chi connectivity index (χ1v) is 10.0.